The van der Waals surface area contributed by atoms with Gasteiger partial charge in [0, 0.05) is 5.56 Å². The van der Waals surface area contributed by atoms with Crippen molar-refractivity contribution in [2.75, 3.05) is 19.5 Å². The van der Waals surface area contributed by atoms with Crippen molar-refractivity contribution < 1.29 is 23.8 Å². The van der Waals surface area contributed by atoms with Crippen LogP contribution in [0.25, 0.3) is 0 Å². The number of para-hydroxylation sites is 1. The molecule has 3 aromatic rings. The Hall–Kier alpha value is -3.80. The van der Waals surface area contributed by atoms with E-state index in [0.717, 1.165) is 11.1 Å². The number of methoxy groups -OCH3 is 2. The fraction of sp³-hybridized carbons (Fsp3) is 0.167. The number of carbonyl (C=O) groups excluding carboxylic acids is 2. The smallest absolute Gasteiger partial charge is 0.340 e. The van der Waals surface area contributed by atoms with E-state index < -0.39 is 5.97 Å². The van der Waals surface area contributed by atoms with Gasteiger partial charge in [-0.2, -0.15) is 0 Å². The molecule has 3 aromatic carbocycles. The number of anilines is 1. The van der Waals surface area contributed by atoms with Crippen LogP contribution in [0.15, 0.2) is 66.7 Å². The molecule has 1 amide bonds. The molecule has 154 valence electrons. The van der Waals surface area contributed by atoms with Crippen molar-refractivity contribution in [1.82, 2.24) is 0 Å². The molecule has 0 fully saturated rings. The Bertz CT molecular complexity index is 1050. The molecule has 0 bridgehead atoms. The molecular weight excluding hydrogens is 382 g/mol. The first-order valence-corrected chi connectivity index (χ1v) is 9.37. The van der Waals surface area contributed by atoms with Gasteiger partial charge in [0.15, 0.2) is 11.5 Å². The number of nitrogens with one attached hydrogen (secondary N) is 1. The Balaban J connectivity index is 1.75. The van der Waals surface area contributed by atoms with Crippen LogP contribution in [0.2, 0.25) is 0 Å². The molecular formula is C24H23NO5. The van der Waals surface area contributed by atoms with Crippen molar-refractivity contribution in [3.63, 3.8) is 0 Å². The highest BCUT2D eigenvalue weighted by molar-refractivity contribution is 6.07. The largest absolute Gasteiger partial charge is 0.493 e. The van der Waals surface area contributed by atoms with E-state index in [1.807, 2.05) is 19.1 Å². The van der Waals surface area contributed by atoms with Crippen LogP contribution in [0.3, 0.4) is 0 Å². The summed E-state index contributed by atoms with van der Waals surface area (Å²) in [5, 5.41) is 2.77. The molecule has 0 spiro atoms. The first kappa shape index (κ1) is 20.9. The van der Waals surface area contributed by atoms with E-state index in [0.29, 0.717) is 22.7 Å². The van der Waals surface area contributed by atoms with Crippen molar-refractivity contribution in [1.29, 1.82) is 0 Å². The van der Waals surface area contributed by atoms with Crippen molar-refractivity contribution in [2.45, 2.75) is 13.5 Å². The lowest BCUT2D eigenvalue weighted by Gasteiger charge is -2.14. The summed E-state index contributed by atoms with van der Waals surface area (Å²) in [5.41, 5.74) is 2.87. The minimum Gasteiger partial charge on any atom is -0.493 e. The van der Waals surface area contributed by atoms with Crippen molar-refractivity contribution in [2.24, 2.45) is 0 Å². The highest BCUT2D eigenvalue weighted by atomic mass is 16.5. The monoisotopic (exact) mass is 405 g/mol. The lowest BCUT2D eigenvalue weighted by atomic mass is 10.1. The van der Waals surface area contributed by atoms with Gasteiger partial charge in [0.25, 0.3) is 5.91 Å². The first-order chi connectivity index (χ1) is 14.5. The summed E-state index contributed by atoms with van der Waals surface area (Å²) in [4.78, 5) is 25.2. The Kier molecular flexibility index (Phi) is 6.70. The van der Waals surface area contributed by atoms with E-state index in [9.17, 15) is 9.59 Å². The van der Waals surface area contributed by atoms with Gasteiger partial charge in [0.1, 0.15) is 6.61 Å². The first-order valence-electron chi connectivity index (χ1n) is 9.37. The Morgan fingerprint density at radius 3 is 2.20 bits per heavy atom. The van der Waals surface area contributed by atoms with Gasteiger partial charge in [0.05, 0.1) is 25.5 Å². The third-order valence-electron chi connectivity index (χ3n) is 4.63. The summed E-state index contributed by atoms with van der Waals surface area (Å²) in [5.74, 6) is 0.337. The van der Waals surface area contributed by atoms with Crippen molar-refractivity contribution in [3.05, 3.63) is 89.0 Å². The van der Waals surface area contributed by atoms with E-state index in [4.69, 9.17) is 14.2 Å². The predicted octanol–water partition coefficient (Wildman–Crippen LogP) is 4.62. The quantitative estimate of drug-likeness (QED) is 0.581. The number of benzene rings is 3. The van der Waals surface area contributed by atoms with E-state index in [-0.39, 0.29) is 18.1 Å². The maximum Gasteiger partial charge on any atom is 0.340 e. The summed E-state index contributed by atoms with van der Waals surface area (Å²) < 4.78 is 16.1. The minimum atomic E-state index is -0.534. The number of amides is 1. The summed E-state index contributed by atoms with van der Waals surface area (Å²) in [6, 6.07) is 19.2. The molecule has 30 heavy (non-hydrogen) atoms. The number of hydrogen-bond acceptors (Lipinski definition) is 5. The molecule has 0 aliphatic rings. The summed E-state index contributed by atoms with van der Waals surface area (Å²) in [6.07, 6.45) is 0. The van der Waals surface area contributed by atoms with E-state index in [1.165, 1.54) is 0 Å². The molecule has 0 unspecified atom stereocenters. The molecule has 0 atom stereocenters. The topological polar surface area (TPSA) is 73.9 Å². The number of esters is 1. The van der Waals surface area contributed by atoms with Crippen LogP contribution < -0.4 is 14.8 Å². The van der Waals surface area contributed by atoms with Crippen LogP contribution in [0.5, 0.6) is 11.5 Å². The lowest BCUT2D eigenvalue weighted by molar-refractivity contribution is 0.0473. The van der Waals surface area contributed by atoms with E-state index in [1.54, 1.807) is 68.8 Å². The minimum absolute atomic E-state index is 0.0615. The number of ether oxygens (including phenoxy) is 3. The van der Waals surface area contributed by atoms with Crippen molar-refractivity contribution >= 4 is 17.6 Å². The van der Waals surface area contributed by atoms with Gasteiger partial charge >= 0.3 is 5.97 Å². The summed E-state index contributed by atoms with van der Waals surface area (Å²) >= 11 is 0. The van der Waals surface area contributed by atoms with Gasteiger partial charge in [-0.25, -0.2) is 4.79 Å². The molecule has 0 saturated carbocycles. The van der Waals surface area contributed by atoms with Crippen LogP contribution in [0.1, 0.15) is 31.8 Å². The van der Waals surface area contributed by atoms with Gasteiger partial charge < -0.3 is 19.5 Å². The molecule has 0 heterocycles. The van der Waals surface area contributed by atoms with Crippen LogP contribution in [-0.4, -0.2) is 26.1 Å². The van der Waals surface area contributed by atoms with Crippen LogP contribution >= 0.6 is 0 Å². The van der Waals surface area contributed by atoms with Crippen LogP contribution in [0.4, 0.5) is 5.69 Å². The fourth-order valence-corrected chi connectivity index (χ4v) is 2.95. The zero-order valence-electron chi connectivity index (χ0n) is 17.1. The molecule has 0 aliphatic heterocycles. The molecule has 0 aromatic heterocycles. The van der Waals surface area contributed by atoms with Gasteiger partial charge in [-0.15, -0.1) is 0 Å². The second-order valence-electron chi connectivity index (χ2n) is 6.58. The maximum atomic E-state index is 12.7. The zero-order valence-corrected chi connectivity index (χ0v) is 17.1. The molecule has 1 N–H and O–H groups in total. The number of rotatable bonds is 7. The molecule has 0 saturated heterocycles. The Morgan fingerprint density at radius 2 is 1.50 bits per heavy atom. The third-order valence-corrected chi connectivity index (χ3v) is 4.63. The van der Waals surface area contributed by atoms with Crippen molar-refractivity contribution in [3.8, 4) is 11.5 Å². The second-order valence-corrected chi connectivity index (χ2v) is 6.58. The molecule has 0 radical (unpaired) electrons. The molecule has 3 rings (SSSR count). The van der Waals surface area contributed by atoms with Gasteiger partial charge in [-0.3, -0.25) is 4.79 Å². The Morgan fingerprint density at radius 1 is 0.867 bits per heavy atom. The average Bonchev–Trinajstić information content (AvgIpc) is 2.78. The number of hydrogen-bond donors (Lipinski definition) is 1. The normalized spacial score (nSPS) is 10.2. The molecule has 6 heteroatoms. The van der Waals surface area contributed by atoms with E-state index >= 15 is 0 Å². The number of aryl methyl sites for hydroxylation is 1. The third kappa shape index (κ3) is 4.78. The Labute approximate surface area is 175 Å². The predicted molar refractivity (Wildman–Crippen MR) is 114 cm³/mol. The van der Waals surface area contributed by atoms with Gasteiger partial charge in [-0.1, -0.05) is 30.3 Å². The van der Waals surface area contributed by atoms with E-state index in [2.05, 4.69) is 5.32 Å². The van der Waals surface area contributed by atoms with Gasteiger partial charge in [0.2, 0.25) is 0 Å². The average molecular weight is 405 g/mol. The highest BCUT2D eigenvalue weighted by Crippen LogP contribution is 2.30. The molecule has 6 nitrogen and oxygen atoms in total. The van der Waals surface area contributed by atoms with Crippen LogP contribution in [-0.2, 0) is 11.3 Å². The standard InChI is InChI=1S/C24H23NO5/c1-16-13-21(28-2)22(29-3)14-18(16)15-30-24(27)19-11-7-8-12-20(19)25-23(26)17-9-5-4-6-10-17/h4-14H,15H2,1-3H3,(H,25,26). The van der Waals surface area contributed by atoms with Gasteiger partial charge in [-0.05, 0) is 54.4 Å². The second kappa shape index (κ2) is 9.60. The maximum absolute atomic E-state index is 12.7. The summed E-state index contributed by atoms with van der Waals surface area (Å²) in [7, 11) is 3.12. The highest BCUT2D eigenvalue weighted by Gasteiger charge is 2.16. The fourth-order valence-electron chi connectivity index (χ4n) is 2.95. The SMILES string of the molecule is COc1cc(C)c(COC(=O)c2ccccc2NC(=O)c2ccccc2)cc1OC. The summed E-state index contributed by atoms with van der Waals surface area (Å²) in [6.45, 7) is 1.96. The molecule has 0 aliphatic carbocycles. The number of carbonyl (C=O) groups is 2. The zero-order chi connectivity index (χ0) is 21.5. The van der Waals surface area contributed by atoms with Crippen LogP contribution in [0, 0.1) is 6.92 Å². The lowest BCUT2D eigenvalue weighted by Crippen LogP contribution is -2.16.